The smallest absolute Gasteiger partial charge is 0.258 e. The van der Waals surface area contributed by atoms with Crippen LogP contribution in [0.1, 0.15) is 43.0 Å². The van der Waals surface area contributed by atoms with Crippen LogP contribution in [0.15, 0.2) is 18.2 Å². The van der Waals surface area contributed by atoms with E-state index in [1.807, 2.05) is 0 Å². The molecule has 3 N–H and O–H groups in total. The van der Waals surface area contributed by atoms with Gasteiger partial charge in [-0.25, -0.2) is 4.39 Å². The average molecular weight is 280 g/mol. The molecule has 0 heterocycles. The Hall–Kier alpha value is -1.62. The van der Waals surface area contributed by atoms with Gasteiger partial charge in [0, 0.05) is 12.1 Å². The van der Waals surface area contributed by atoms with Crippen LogP contribution in [-0.4, -0.2) is 29.6 Å². The second-order valence-electron chi connectivity index (χ2n) is 5.21. The van der Waals surface area contributed by atoms with Crippen molar-refractivity contribution in [2.75, 3.05) is 6.54 Å². The van der Waals surface area contributed by atoms with Gasteiger partial charge < -0.3 is 15.7 Å². The van der Waals surface area contributed by atoms with Crippen molar-refractivity contribution in [3.8, 4) is 5.75 Å². The van der Waals surface area contributed by atoms with E-state index in [2.05, 4.69) is 17.6 Å². The summed E-state index contributed by atoms with van der Waals surface area (Å²) in [6.45, 7) is 3.03. The molecule has 5 heteroatoms. The second-order valence-corrected chi connectivity index (χ2v) is 5.21. The van der Waals surface area contributed by atoms with Gasteiger partial charge in [-0.1, -0.05) is 13.0 Å². The Bertz CT molecular complexity index is 451. The first-order valence-electron chi connectivity index (χ1n) is 7.13. The molecule has 0 unspecified atom stereocenters. The van der Waals surface area contributed by atoms with Crippen molar-refractivity contribution in [3.05, 3.63) is 29.6 Å². The van der Waals surface area contributed by atoms with Gasteiger partial charge in [-0.3, -0.25) is 4.79 Å². The molecule has 20 heavy (non-hydrogen) atoms. The zero-order valence-electron chi connectivity index (χ0n) is 11.7. The molecule has 1 saturated carbocycles. The molecule has 0 saturated heterocycles. The van der Waals surface area contributed by atoms with Gasteiger partial charge >= 0.3 is 0 Å². The summed E-state index contributed by atoms with van der Waals surface area (Å²) in [5, 5.41) is 15.8. The molecular formula is C15H21FN2O2. The van der Waals surface area contributed by atoms with Gasteiger partial charge in [0.1, 0.15) is 17.1 Å². The molecule has 1 fully saturated rings. The predicted octanol–water partition coefficient (Wildman–Crippen LogP) is 2.18. The van der Waals surface area contributed by atoms with E-state index in [9.17, 15) is 14.3 Å². The lowest BCUT2D eigenvalue weighted by Gasteiger charge is -2.29. The number of halogens is 1. The first-order valence-corrected chi connectivity index (χ1v) is 7.13. The van der Waals surface area contributed by atoms with Gasteiger partial charge in [0.25, 0.3) is 5.91 Å². The molecule has 0 spiro atoms. The van der Waals surface area contributed by atoms with E-state index in [0.717, 1.165) is 32.2 Å². The summed E-state index contributed by atoms with van der Waals surface area (Å²) in [4.78, 5) is 12.0. The highest BCUT2D eigenvalue weighted by Crippen LogP contribution is 2.22. The third-order valence-corrected chi connectivity index (χ3v) is 3.77. The topological polar surface area (TPSA) is 61.4 Å². The number of phenolic OH excluding ortho intramolecular Hbond substituents is 1. The van der Waals surface area contributed by atoms with Gasteiger partial charge in [0.2, 0.25) is 0 Å². The fourth-order valence-electron chi connectivity index (χ4n) is 2.73. The summed E-state index contributed by atoms with van der Waals surface area (Å²) < 4.78 is 13.6. The molecule has 0 aliphatic heterocycles. The number of benzene rings is 1. The van der Waals surface area contributed by atoms with Crippen LogP contribution in [0.3, 0.4) is 0 Å². The number of phenols is 1. The molecule has 1 aliphatic rings. The zero-order valence-corrected chi connectivity index (χ0v) is 11.7. The van der Waals surface area contributed by atoms with Crippen LogP contribution in [0, 0.1) is 5.82 Å². The lowest BCUT2D eigenvalue weighted by atomic mass is 9.91. The number of nitrogens with one attached hydrogen (secondary N) is 2. The lowest BCUT2D eigenvalue weighted by molar-refractivity contribution is 0.0917. The lowest BCUT2D eigenvalue weighted by Crippen LogP contribution is -2.42. The van der Waals surface area contributed by atoms with Crippen LogP contribution < -0.4 is 10.6 Å². The summed E-state index contributed by atoms with van der Waals surface area (Å²) in [6, 6.07) is 4.44. The molecular weight excluding hydrogens is 259 g/mol. The summed E-state index contributed by atoms with van der Waals surface area (Å²) in [5.41, 5.74) is -0.263. The summed E-state index contributed by atoms with van der Waals surface area (Å²) in [6.07, 6.45) is 3.75. The third kappa shape index (κ3) is 3.48. The average Bonchev–Trinajstić information content (AvgIpc) is 2.41. The van der Waals surface area contributed by atoms with Gasteiger partial charge in [-0.05, 0) is 44.4 Å². The highest BCUT2D eigenvalue weighted by atomic mass is 19.1. The number of aromatic hydroxyl groups is 1. The standard InChI is InChI=1S/C15H21FN2O2/c1-2-17-10-6-8-11(9-7-10)18-15(20)14-12(16)4-3-5-13(14)19/h3-5,10-11,17,19H,2,6-9H2,1H3,(H,18,20). The minimum atomic E-state index is -0.691. The maximum atomic E-state index is 13.6. The number of carbonyl (C=O) groups is 1. The highest BCUT2D eigenvalue weighted by molar-refractivity contribution is 5.97. The quantitative estimate of drug-likeness (QED) is 0.792. The van der Waals surface area contributed by atoms with Gasteiger partial charge in [0.05, 0.1) is 0 Å². The Balaban J connectivity index is 1.93. The van der Waals surface area contributed by atoms with E-state index in [4.69, 9.17) is 0 Å². The maximum Gasteiger partial charge on any atom is 0.258 e. The molecule has 0 atom stereocenters. The maximum absolute atomic E-state index is 13.6. The van der Waals surface area contributed by atoms with Crippen molar-refractivity contribution in [2.24, 2.45) is 0 Å². The second kappa shape index (κ2) is 6.70. The molecule has 1 aromatic rings. The van der Waals surface area contributed by atoms with E-state index in [0.29, 0.717) is 6.04 Å². The molecule has 2 rings (SSSR count). The zero-order chi connectivity index (χ0) is 14.5. The summed E-state index contributed by atoms with van der Waals surface area (Å²) >= 11 is 0. The van der Waals surface area contributed by atoms with Crippen LogP contribution in [-0.2, 0) is 0 Å². The highest BCUT2D eigenvalue weighted by Gasteiger charge is 2.24. The number of carbonyl (C=O) groups excluding carboxylic acids is 1. The van der Waals surface area contributed by atoms with Crippen LogP contribution in [0.4, 0.5) is 4.39 Å². The Kier molecular flexibility index (Phi) is 4.95. The number of hydrogen-bond acceptors (Lipinski definition) is 3. The van der Waals surface area contributed by atoms with Crippen molar-refractivity contribution in [1.82, 2.24) is 10.6 Å². The van der Waals surface area contributed by atoms with Gasteiger partial charge in [0.15, 0.2) is 0 Å². The molecule has 0 aromatic heterocycles. The van der Waals surface area contributed by atoms with E-state index in [1.165, 1.54) is 18.2 Å². The van der Waals surface area contributed by atoms with Gasteiger partial charge in [-0.2, -0.15) is 0 Å². The monoisotopic (exact) mass is 280 g/mol. The summed E-state index contributed by atoms with van der Waals surface area (Å²) in [5.74, 6) is -1.54. The van der Waals surface area contributed by atoms with E-state index < -0.39 is 11.7 Å². The van der Waals surface area contributed by atoms with Crippen LogP contribution in [0.25, 0.3) is 0 Å². The molecule has 1 aromatic carbocycles. The molecule has 4 nitrogen and oxygen atoms in total. The Labute approximate surface area is 118 Å². The molecule has 110 valence electrons. The minimum Gasteiger partial charge on any atom is -0.507 e. The van der Waals surface area contributed by atoms with Crippen LogP contribution in [0.2, 0.25) is 0 Å². The van der Waals surface area contributed by atoms with Crippen molar-refractivity contribution in [1.29, 1.82) is 0 Å². The Morgan fingerprint density at radius 2 is 1.95 bits per heavy atom. The van der Waals surface area contributed by atoms with Crippen molar-refractivity contribution >= 4 is 5.91 Å². The third-order valence-electron chi connectivity index (χ3n) is 3.77. The summed E-state index contributed by atoms with van der Waals surface area (Å²) in [7, 11) is 0. The van der Waals surface area contributed by atoms with Gasteiger partial charge in [-0.15, -0.1) is 0 Å². The van der Waals surface area contributed by atoms with Crippen molar-refractivity contribution in [3.63, 3.8) is 0 Å². The number of amides is 1. The minimum absolute atomic E-state index is 0.0522. The first kappa shape index (κ1) is 14.8. The number of rotatable bonds is 4. The largest absolute Gasteiger partial charge is 0.507 e. The fourth-order valence-corrected chi connectivity index (χ4v) is 2.73. The first-order chi connectivity index (χ1) is 9.61. The Morgan fingerprint density at radius 3 is 2.55 bits per heavy atom. The molecule has 0 radical (unpaired) electrons. The normalized spacial score (nSPS) is 22.5. The van der Waals surface area contributed by atoms with Crippen LogP contribution >= 0.6 is 0 Å². The molecule has 1 aliphatic carbocycles. The Morgan fingerprint density at radius 1 is 1.30 bits per heavy atom. The predicted molar refractivity (Wildman–Crippen MR) is 75.3 cm³/mol. The fraction of sp³-hybridized carbons (Fsp3) is 0.533. The van der Waals surface area contributed by atoms with Crippen molar-refractivity contribution in [2.45, 2.75) is 44.7 Å². The molecule has 1 amide bonds. The number of hydrogen-bond donors (Lipinski definition) is 3. The van der Waals surface area contributed by atoms with E-state index >= 15 is 0 Å². The molecule has 0 bridgehead atoms. The van der Waals surface area contributed by atoms with E-state index in [1.54, 1.807) is 0 Å². The van der Waals surface area contributed by atoms with Crippen molar-refractivity contribution < 1.29 is 14.3 Å². The SMILES string of the molecule is CCNC1CCC(NC(=O)c2c(O)cccc2F)CC1. The van der Waals surface area contributed by atoms with Crippen LogP contribution in [0.5, 0.6) is 5.75 Å². The van der Waals surface area contributed by atoms with E-state index in [-0.39, 0.29) is 17.4 Å².